The molecule has 1 saturated carbocycles. The van der Waals surface area contributed by atoms with Crippen LogP contribution in [0.15, 0.2) is 12.7 Å². The van der Waals surface area contributed by atoms with Gasteiger partial charge in [0.25, 0.3) is 0 Å². The van der Waals surface area contributed by atoms with Gasteiger partial charge in [0.15, 0.2) is 0 Å². The molecule has 62 valence electrons. The maximum absolute atomic E-state index is 11.3. The molecule has 1 rings (SSSR count). The molecule has 2 atom stereocenters. The van der Waals surface area contributed by atoms with Crippen molar-refractivity contribution in [3.63, 3.8) is 0 Å². The van der Waals surface area contributed by atoms with Crippen molar-refractivity contribution in [1.29, 1.82) is 0 Å². The Bertz CT molecular complexity index is 160. The number of ketones is 1. The van der Waals surface area contributed by atoms with Crippen LogP contribution in [0.2, 0.25) is 0 Å². The van der Waals surface area contributed by atoms with E-state index in [2.05, 4.69) is 13.5 Å². The summed E-state index contributed by atoms with van der Waals surface area (Å²) in [5.41, 5.74) is 0. The van der Waals surface area contributed by atoms with E-state index in [9.17, 15) is 4.79 Å². The van der Waals surface area contributed by atoms with Crippen LogP contribution in [0.25, 0.3) is 0 Å². The first-order chi connectivity index (χ1) is 5.25. The van der Waals surface area contributed by atoms with E-state index in [4.69, 9.17) is 0 Å². The predicted octanol–water partition coefficient (Wildman–Crippen LogP) is 2.57. The maximum atomic E-state index is 11.3. The van der Waals surface area contributed by atoms with E-state index in [1.165, 1.54) is 6.42 Å². The minimum atomic E-state index is 0.279. The van der Waals surface area contributed by atoms with Crippen molar-refractivity contribution in [2.75, 3.05) is 0 Å². The normalized spacial score (nSPS) is 28.1. The molecule has 0 amide bonds. The molecule has 0 N–H and O–H groups in total. The van der Waals surface area contributed by atoms with Gasteiger partial charge in [-0.2, -0.15) is 0 Å². The summed E-state index contributed by atoms with van der Waals surface area (Å²) < 4.78 is 0. The molecule has 1 aliphatic rings. The summed E-state index contributed by atoms with van der Waals surface area (Å²) in [4.78, 5) is 11.3. The molecule has 0 saturated heterocycles. The third kappa shape index (κ3) is 1.92. The van der Waals surface area contributed by atoms with Crippen LogP contribution < -0.4 is 0 Å². The summed E-state index contributed by atoms with van der Waals surface area (Å²) in [5, 5.41) is 0. The number of rotatable bonds is 2. The van der Waals surface area contributed by atoms with Gasteiger partial charge in [0.1, 0.15) is 5.78 Å². The van der Waals surface area contributed by atoms with Crippen molar-refractivity contribution in [3.05, 3.63) is 12.7 Å². The predicted molar refractivity (Wildman–Crippen MR) is 46.3 cm³/mol. The van der Waals surface area contributed by atoms with E-state index in [0.29, 0.717) is 11.7 Å². The molecule has 1 aliphatic carbocycles. The Kier molecular flexibility index (Phi) is 2.86. The zero-order chi connectivity index (χ0) is 8.27. The fourth-order valence-corrected chi connectivity index (χ4v) is 1.73. The van der Waals surface area contributed by atoms with Crippen molar-refractivity contribution in [3.8, 4) is 0 Å². The fourth-order valence-electron chi connectivity index (χ4n) is 1.73. The standard InChI is InChI=1S/C10H16O/c1-3-8(2)9-6-4-5-7-10(9)11/h3,8-9H,1,4-7H2,2H3/t8-,9+/m1/s1. The second kappa shape index (κ2) is 3.70. The zero-order valence-electron chi connectivity index (χ0n) is 7.18. The van der Waals surface area contributed by atoms with E-state index in [0.717, 1.165) is 19.3 Å². The van der Waals surface area contributed by atoms with Crippen LogP contribution in [0.5, 0.6) is 0 Å². The largest absolute Gasteiger partial charge is 0.299 e. The first-order valence-electron chi connectivity index (χ1n) is 4.41. The summed E-state index contributed by atoms with van der Waals surface area (Å²) in [6.45, 7) is 5.80. The van der Waals surface area contributed by atoms with Gasteiger partial charge >= 0.3 is 0 Å². The van der Waals surface area contributed by atoms with Gasteiger partial charge < -0.3 is 0 Å². The molecule has 0 aliphatic heterocycles. The summed E-state index contributed by atoms with van der Waals surface area (Å²) >= 11 is 0. The number of carbonyl (C=O) groups excluding carboxylic acids is 1. The molecule has 0 bridgehead atoms. The average molecular weight is 152 g/mol. The monoisotopic (exact) mass is 152 g/mol. The molecule has 1 fully saturated rings. The Balaban J connectivity index is 2.53. The first kappa shape index (κ1) is 8.51. The molecule has 11 heavy (non-hydrogen) atoms. The van der Waals surface area contributed by atoms with E-state index in [1.54, 1.807) is 0 Å². The topological polar surface area (TPSA) is 17.1 Å². The third-order valence-corrected chi connectivity index (χ3v) is 2.61. The highest BCUT2D eigenvalue weighted by Gasteiger charge is 2.25. The van der Waals surface area contributed by atoms with Gasteiger partial charge in [0.05, 0.1) is 0 Å². The lowest BCUT2D eigenvalue weighted by Crippen LogP contribution is -2.24. The van der Waals surface area contributed by atoms with Crippen molar-refractivity contribution in [2.24, 2.45) is 11.8 Å². The molecular weight excluding hydrogens is 136 g/mol. The molecule has 0 aromatic rings. The van der Waals surface area contributed by atoms with Crippen LogP contribution in [0, 0.1) is 11.8 Å². The highest BCUT2D eigenvalue weighted by atomic mass is 16.1. The number of allylic oxidation sites excluding steroid dienone is 1. The first-order valence-corrected chi connectivity index (χ1v) is 4.41. The van der Waals surface area contributed by atoms with E-state index in [1.807, 2.05) is 6.08 Å². The third-order valence-electron chi connectivity index (χ3n) is 2.61. The van der Waals surface area contributed by atoms with Crippen LogP contribution in [0.3, 0.4) is 0 Å². The Morgan fingerprint density at radius 2 is 2.36 bits per heavy atom. The van der Waals surface area contributed by atoms with Crippen molar-refractivity contribution >= 4 is 5.78 Å². The van der Waals surface area contributed by atoms with Gasteiger partial charge in [0, 0.05) is 12.3 Å². The Morgan fingerprint density at radius 1 is 1.64 bits per heavy atom. The molecular formula is C10H16O. The summed E-state index contributed by atoms with van der Waals surface area (Å²) in [5.74, 6) is 1.10. The lowest BCUT2D eigenvalue weighted by molar-refractivity contribution is -0.125. The van der Waals surface area contributed by atoms with Gasteiger partial charge in [-0.25, -0.2) is 0 Å². The molecule has 1 heteroatoms. The lowest BCUT2D eigenvalue weighted by Gasteiger charge is -2.23. The van der Waals surface area contributed by atoms with Gasteiger partial charge in [-0.3, -0.25) is 4.79 Å². The molecule has 0 radical (unpaired) electrons. The van der Waals surface area contributed by atoms with Gasteiger partial charge in [-0.15, -0.1) is 6.58 Å². The Labute approximate surface area is 68.5 Å². The Morgan fingerprint density at radius 3 is 2.91 bits per heavy atom. The van der Waals surface area contributed by atoms with Crippen molar-refractivity contribution in [1.82, 2.24) is 0 Å². The number of Topliss-reactive ketones (excluding diaryl/α,β-unsaturated/α-hetero) is 1. The Hall–Kier alpha value is -0.590. The quantitative estimate of drug-likeness (QED) is 0.556. The van der Waals surface area contributed by atoms with E-state index in [-0.39, 0.29) is 5.92 Å². The highest BCUT2D eigenvalue weighted by molar-refractivity contribution is 5.82. The van der Waals surface area contributed by atoms with Gasteiger partial charge in [0.2, 0.25) is 0 Å². The molecule has 0 heterocycles. The highest BCUT2D eigenvalue weighted by Crippen LogP contribution is 2.27. The van der Waals surface area contributed by atoms with Crippen molar-refractivity contribution < 1.29 is 4.79 Å². The average Bonchev–Trinajstić information content (AvgIpc) is 2.04. The number of hydrogen-bond donors (Lipinski definition) is 0. The molecule has 0 spiro atoms. The minimum absolute atomic E-state index is 0.279. The molecule has 0 aromatic heterocycles. The summed E-state index contributed by atoms with van der Waals surface area (Å²) in [6, 6.07) is 0. The van der Waals surface area contributed by atoms with Crippen LogP contribution in [-0.2, 0) is 4.79 Å². The number of hydrogen-bond acceptors (Lipinski definition) is 1. The number of carbonyl (C=O) groups is 1. The minimum Gasteiger partial charge on any atom is -0.299 e. The van der Waals surface area contributed by atoms with Crippen LogP contribution in [0.4, 0.5) is 0 Å². The second-order valence-electron chi connectivity index (χ2n) is 3.41. The second-order valence-corrected chi connectivity index (χ2v) is 3.41. The molecule has 0 unspecified atom stereocenters. The van der Waals surface area contributed by atoms with E-state index < -0.39 is 0 Å². The SMILES string of the molecule is C=C[C@@H](C)[C@@H]1CCCCC1=O. The van der Waals surface area contributed by atoms with Crippen molar-refractivity contribution in [2.45, 2.75) is 32.6 Å². The fraction of sp³-hybridized carbons (Fsp3) is 0.700. The van der Waals surface area contributed by atoms with Gasteiger partial charge in [-0.1, -0.05) is 19.4 Å². The zero-order valence-corrected chi connectivity index (χ0v) is 7.18. The van der Waals surface area contributed by atoms with Gasteiger partial charge in [-0.05, 0) is 18.8 Å². The maximum Gasteiger partial charge on any atom is 0.136 e. The van der Waals surface area contributed by atoms with Crippen LogP contribution in [0.1, 0.15) is 32.6 Å². The van der Waals surface area contributed by atoms with E-state index >= 15 is 0 Å². The molecule has 1 nitrogen and oxygen atoms in total. The summed E-state index contributed by atoms with van der Waals surface area (Å²) in [6.07, 6.45) is 6.08. The molecule has 0 aromatic carbocycles. The van der Waals surface area contributed by atoms with Crippen LogP contribution in [-0.4, -0.2) is 5.78 Å². The summed E-state index contributed by atoms with van der Waals surface area (Å²) in [7, 11) is 0. The lowest BCUT2D eigenvalue weighted by atomic mass is 9.80. The smallest absolute Gasteiger partial charge is 0.136 e. The van der Waals surface area contributed by atoms with Crippen LogP contribution >= 0.6 is 0 Å².